The molecule has 1 amide bonds. The minimum atomic E-state index is 0.195. The van der Waals surface area contributed by atoms with Crippen LogP contribution in [0.1, 0.15) is 6.42 Å². The number of thiol groups is 1. The first-order valence-electron chi connectivity index (χ1n) is 4.98. The van der Waals surface area contributed by atoms with Gasteiger partial charge >= 0.3 is 0 Å². The number of carbonyl (C=O) groups is 1. The van der Waals surface area contributed by atoms with Gasteiger partial charge in [-0.25, -0.2) is 0 Å². The van der Waals surface area contributed by atoms with Gasteiger partial charge in [-0.1, -0.05) is 0 Å². The Balaban J connectivity index is 2.28. The minimum Gasteiger partial charge on any atom is -0.311 e. The molecule has 0 aliphatic carbocycles. The molecule has 1 aromatic rings. The molecular weight excluding hydrogens is 401 g/mol. The summed E-state index contributed by atoms with van der Waals surface area (Å²) in [4.78, 5) is 13.7. The van der Waals surface area contributed by atoms with Crippen LogP contribution in [0.2, 0.25) is 0 Å². The molecule has 0 N–H and O–H groups in total. The highest BCUT2D eigenvalue weighted by molar-refractivity contribution is 14.1. The number of benzene rings is 1. The fourth-order valence-corrected chi connectivity index (χ4v) is 3.59. The van der Waals surface area contributed by atoms with E-state index in [0.29, 0.717) is 12.3 Å². The summed E-state index contributed by atoms with van der Waals surface area (Å²) in [5.41, 5.74) is 0.967. The van der Waals surface area contributed by atoms with E-state index >= 15 is 0 Å². The van der Waals surface area contributed by atoms with Crippen LogP contribution in [0.15, 0.2) is 22.7 Å². The van der Waals surface area contributed by atoms with E-state index in [9.17, 15) is 4.79 Å². The number of carbonyl (C=O) groups excluding carboxylic acids is 1. The van der Waals surface area contributed by atoms with Crippen LogP contribution in [0.5, 0.6) is 0 Å². The second-order valence-corrected chi connectivity index (χ2v) is 6.32. The lowest BCUT2D eigenvalue weighted by atomic mass is 10.1. The monoisotopic (exact) mass is 411 g/mol. The van der Waals surface area contributed by atoms with Crippen molar-refractivity contribution in [1.82, 2.24) is 0 Å². The van der Waals surface area contributed by atoms with Gasteiger partial charge in [-0.15, -0.1) is 0 Å². The average molecular weight is 412 g/mol. The summed E-state index contributed by atoms with van der Waals surface area (Å²) in [6.07, 6.45) is 0.613. The van der Waals surface area contributed by atoms with E-state index in [4.69, 9.17) is 0 Å². The predicted molar refractivity (Wildman–Crippen MR) is 81.2 cm³/mol. The zero-order chi connectivity index (χ0) is 11.7. The van der Waals surface area contributed by atoms with E-state index < -0.39 is 0 Å². The molecule has 5 heteroatoms. The number of nitrogens with zero attached hydrogens (tertiary/aromatic N) is 1. The fraction of sp³-hybridized carbons (Fsp3) is 0.364. The summed E-state index contributed by atoms with van der Waals surface area (Å²) in [6, 6.07) is 6.03. The maximum Gasteiger partial charge on any atom is 0.227 e. The van der Waals surface area contributed by atoms with Crippen LogP contribution >= 0.6 is 51.1 Å². The van der Waals surface area contributed by atoms with Gasteiger partial charge in [-0.2, -0.15) is 12.6 Å². The van der Waals surface area contributed by atoms with Gasteiger partial charge in [0.1, 0.15) is 0 Å². The van der Waals surface area contributed by atoms with Crippen molar-refractivity contribution in [3.05, 3.63) is 26.2 Å². The topological polar surface area (TPSA) is 20.3 Å². The number of hydrogen-bond acceptors (Lipinski definition) is 2. The Hall–Kier alpha value is 0.250. The van der Waals surface area contributed by atoms with Crippen molar-refractivity contribution in [3.63, 3.8) is 0 Å². The molecule has 1 atom stereocenters. The Morgan fingerprint density at radius 3 is 2.88 bits per heavy atom. The Morgan fingerprint density at radius 2 is 2.31 bits per heavy atom. The molecule has 1 saturated heterocycles. The lowest BCUT2D eigenvalue weighted by Gasteiger charge is -2.18. The van der Waals surface area contributed by atoms with E-state index in [2.05, 4.69) is 51.1 Å². The molecule has 1 aliphatic rings. The Labute approximate surface area is 122 Å². The average Bonchev–Trinajstić information content (AvgIpc) is 2.60. The van der Waals surface area contributed by atoms with Crippen molar-refractivity contribution >= 4 is 62.7 Å². The molecule has 2 nitrogen and oxygen atoms in total. The smallest absolute Gasteiger partial charge is 0.227 e. The zero-order valence-corrected chi connectivity index (χ0v) is 13.1. The summed E-state index contributed by atoms with van der Waals surface area (Å²) >= 11 is 10.0. The van der Waals surface area contributed by atoms with Crippen molar-refractivity contribution in [2.24, 2.45) is 5.92 Å². The number of amides is 1. The van der Waals surface area contributed by atoms with Crippen LogP contribution < -0.4 is 4.90 Å². The molecule has 0 bridgehead atoms. The Morgan fingerprint density at radius 1 is 1.56 bits per heavy atom. The highest BCUT2D eigenvalue weighted by Gasteiger charge is 2.30. The fourth-order valence-electron chi connectivity index (χ4n) is 1.84. The summed E-state index contributed by atoms with van der Waals surface area (Å²) in [5, 5.41) is 0. The lowest BCUT2D eigenvalue weighted by Crippen LogP contribution is -2.25. The summed E-state index contributed by atoms with van der Waals surface area (Å²) < 4.78 is 2.14. The van der Waals surface area contributed by atoms with Crippen LogP contribution in [-0.2, 0) is 4.79 Å². The number of rotatable bonds is 2. The molecule has 86 valence electrons. The lowest BCUT2D eigenvalue weighted by molar-refractivity contribution is -0.117. The SMILES string of the molecule is O=C1CC(CS)CN1c1ccc(I)cc1Br. The van der Waals surface area contributed by atoms with Gasteiger partial charge in [0.15, 0.2) is 0 Å². The second-order valence-electron chi connectivity index (χ2n) is 3.85. The molecule has 1 aliphatic heterocycles. The van der Waals surface area contributed by atoms with Gasteiger partial charge < -0.3 is 4.90 Å². The number of anilines is 1. The number of hydrogen-bond donors (Lipinski definition) is 1. The molecule has 16 heavy (non-hydrogen) atoms. The minimum absolute atomic E-state index is 0.195. The Bertz CT molecular complexity index is 426. The standard InChI is InChI=1S/C11H11BrINOS/c12-9-4-8(13)1-2-10(9)14-5-7(6-16)3-11(14)15/h1-2,4,7,16H,3,5-6H2. The second kappa shape index (κ2) is 5.27. The first kappa shape index (κ1) is 12.7. The van der Waals surface area contributed by atoms with E-state index in [1.165, 1.54) is 0 Å². The molecule has 1 fully saturated rings. The number of halogens is 2. The van der Waals surface area contributed by atoms with Crippen LogP contribution in [-0.4, -0.2) is 18.2 Å². The third-order valence-corrected chi connectivity index (χ3v) is 4.49. The highest BCUT2D eigenvalue weighted by Crippen LogP contribution is 2.32. The Kier molecular flexibility index (Phi) is 4.18. The summed E-state index contributed by atoms with van der Waals surface area (Å²) in [5.74, 6) is 1.34. The van der Waals surface area contributed by atoms with Crippen LogP contribution in [0.3, 0.4) is 0 Å². The molecule has 1 aromatic carbocycles. The largest absolute Gasteiger partial charge is 0.311 e. The van der Waals surface area contributed by atoms with Crippen molar-refractivity contribution in [2.45, 2.75) is 6.42 Å². The molecule has 1 heterocycles. The normalized spacial score (nSPS) is 20.6. The molecule has 2 rings (SSSR count). The third kappa shape index (κ3) is 2.56. The first-order chi connectivity index (χ1) is 7.61. The van der Waals surface area contributed by atoms with Gasteiger partial charge in [0.2, 0.25) is 5.91 Å². The maximum atomic E-state index is 11.9. The molecule has 0 aromatic heterocycles. The molecule has 0 spiro atoms. The van der Waals surface area contributed by atoms with Gasteiger partial charge in [0.25, 0.3) is 0 Å². The van der Waals surface area contributed by atoms with Gasteiger partial charge in [-0.05, 0) is 68.4 Å². The zero-order valence-electron chi connectivity index (χ0n) is 8.49. The molecule has 0 saturated carbocycles. The van der Waals surface area contributed by atoms with E-state index in [0.717, 1.165) is 26.0 Å². The van der Waals surface area contributed by atoms with Crippen LogP contribution in [0.25, 0.3) is 0 Å². The van der Waals surface area contributed by atoms with Crippen LogP contribution in [0.4, 0.5) is 5.69 Å². The summed E-state index contributed by atoms with van der Waals surface area (Å²) in [6.45, 7) is 0.779. The van der Waals surface area contributed by atoms with Crippen LogP contribution in [0, 0.1) is 9.49 Å². The predicted octanol–water partition coefficient (Wildman–Crippen LogP) is 3.34. The quantitative estimate of drug-likeness (QED) is 0.584. The summed E-state index contributed by atoms with van der Waals surface area (Å²) in [7, 11) is 0. The third-order valence-electron chi connectivity index (χ3n) is 2.66. The highest BCUT2D eigenvalue weighted by atomic mass is 127. The molecular formula is C11H11BrINOS. The van der Waals surface area contributed by atoms with Crippen molar-refractivity contribution in [3.8, 4) is 0 Å². The van der Waals surface area contributed by atoms with Gasteiger partial charge in [-0.3, -0.25) is 4.79 Å². The molecule has 1 unspecified atom stereocenters. The van der Waals surface area contributed by atoms with Gasteiger partial charge in [0, 0.05) is 21.0 Å². The molecule has 0 radical (unpaired) electrons. The van der Waals surface area contributed by atoms with E-state index in [-0.39, 0.29) is 5.91 Å². The van der Waals surface area contributed by atoms with Crippen molar-refractivity contribution < 1.29 is 4.79 Å². The van der Waals surface area contributed by atoms with Crippen molar-refractivity contribution in [1.29, 1.82) is 0 Å². The van der Waals surface area contributed by atoms with Crippen molar-refractivity contribution in [2.75, 3.05) is 17.2 Å². The maximum absolute atomic E-state index is 11.9. The van der Waals surface area contributed by atoms with E-state index in [1.54, 1.807) is 0 Å². The first-order valence-corrected chi connectivity index (χ1v) is 7.48. The van der Waals surface area contributed by atoms with E-state index in [1.807, 2.05) is 23.1 Å². The van der Waals surface area contributed by atoms with Gasteiger partial charge in [0.05, 0.1) is 5.69 Å².